The van der Waals surface area contributed by atoms with Crippen molar-refractivity contribution in [3.05, 3.63) is 59.7 Å². The fourth-order valence-corrected chi connectivity index (χ4v) is 2.47. The van der Waals surface area contributed by atoms with Gasteiger partial charge in [-0.05, 0) is 36.8 Å². The van der Waals surface area contributed by atoms with Gasteiger partial charge in [-0.25, -0.2) is 4.79 Å². The molecule has 1 N–H and O–H groups in total. The summed E-state index contributed by atoms with van der Waals surface area (Å²) in [5, 5.41) is 8.96. The first kappa shape index (κ1) is 14.5. The lowest BCUT2D eigenvalue weighted by atomic mass is 10.1. The van der Waals surface area contributed by atoms with E-state index in [1.165, 1.54) is 4.90 Å². The van der Waals surface area contributed by atoms with Crippen LogP contribution in [0.1, 0.15) is 15.9 Å². The molecule has 0 aliphatic rings. The summed E-state index contributed by atoms with van der Waals surface area (Å²) >= 11 is 1.71. The second-order valence-corrected chi connectivity index (χ2v) is 5.46. The largest absolute Gasteiger partial charge is 0.492 e. The van der Waals surface area contributed by atoms with Gasteiger partial charge in [-0.1, -0.05) is 24.3 Å². The lowest BCUT2D eigenvalue weighted by Crippen LogP contribution is -2.03. The van der Waals surface area contributed by atoms with Gasteiger partial charge in [0.15, 0.2) is 0 Å². The Hall–Kier alpha value is -1.94. The molecule has 3 nitrogen and oxygen atoms in total. The van der Waals surface area contributed by atoms with E-state index in [4.69, 9.17) is 9.84 Å². The maximum Gasteiger partial charge on any atom is 0.335 e. The van der Waals surface area contributed by atoms with Crippen molar-refractivity contribution in [1.82, 2.24) is 0 Å². The summed E-state index contributed by atoms with van der Waals surface area (Å²) in [6.07, 6.45) is 0. The number of aromatic carboxylic acids is 1. The molecule has 0 fully saturated rings. The van der Waals surface area contributed by atoms with Gasteiger partial charge in [-0.2, -0.15) is 0 Å². The average Bonchev–Trinajstić information content (AvgIpc) is 2.46. The normalized spacial score (nSPS) is 10.2. The predicted octanol–water partition coefficient (Wildman–Crippen LogP) is 3.86. The SMILES string of the molecule is Cc1ccc(C(=O)O)cc1OCCSc1ccccc1. The first-order valence-corrected chi connectivity index (χ1v) is 7.30. The van der Waals surface area contributed by atoms with Crippen LogP contribution in [0, 0.1) is 6.92 Å². The number of thioether (sulfide) groups is 1. The number of ether oxygens (including phenoxy) is 1. The molecule has 2 rings (SSSR count). The Bertz CT molecular complexity index is 582. The van der Waals surface area contributed by atoms with Crippen LogP contribution >= 0.6 is 11.8 Å². The van der Waals surface area contributed by atoms with Crippen molar-refractivity contribution in [3.8, 4) is 5.75 Å². The van der Waals surface area contributed by atoms with Crippen molar-refractivity contribution in [3.63, 3.8) is 0 Å². The number of carboxylic acids is 1. The molecule has 0 aromatic heterocycles. The van der Waals surface area contributed by atoms with E-state index in [0.717, 1.165) is 11.3 Å². The van der Waals surface area contributed by atoms with E-state index in [1.807, 2.05) is 25.1 Å². The number of carboxylic acid groups (broad SMARTS) is 1. The fraction of sp³-hybridized carbons (Fsp3) is 0.188. The van der Waals surface area contributed by atoms with Gasteiger partial charge in [0.05, 0.1) is 12.2 Å². The Balaban J connectivity index is 1.88. The van der Waals surface area contributed by atoms with E-state index in [1.54, 1.807) is 30.0 Å². The number of carbonyl (C=O) groups is 1. The maximum absolute atomic E-state index is 10.9. The second kappa shape index (κ2) is 7.01. The van der Waals surface area contributed by atoms with Crippen molar-refractivity contribution in [2.24, 2.45) is 0 Å². The van der Waals surface area contributed by atoms with Crippen molar-refractivity contribution in [2.75, 3.05) is 12.4 Å². The third kappa shape index (κ3) is 4.03. The molecule has 0 aliphatic heterocycles. The summed E-state index contributed by atoms with van der Waals surface area (Å²) in [7, 11) is 0. The van der Waals surface area contributed by atoms with E-state index in [2.05, 4.69) is 12.1 Å². The fourth-order valence-electron chi connectivity index (χ4n) is 1.72. The van der Waals surface area contributed by atoms with E-state index < -0.39 is 5.97 Å². The van der Waals surface area contributed by atoms with E-state index in [9.17, 15) is 4.79 Å². The second-order valence-electron chi connectivity index (χ2n) is 4.30. The van der Waals surface area contributed by atoms with Gasteiger partial charge in [0.2, 0.25) is 0 Å². The quantitative estimate of drug-likeness (QED) is 0.647. The third-order valence-corrected chi connectivity index (χ3v) is 3.76. The number of rotatable bonds is 6. The molecular formula is C16H16O3S. The van der Waals surface area contributed by atoms with E-state index in [0.29, 0.717) is 12.4 Å². The highest BCUT2D eigenvalue weighted by molar-refractivity contribution is 7.99. The molecule has 0 unspecified atom stereocenters. The Labute approximate surface area is 122 Å². The zero-order valence-electron chi connectivity index (χ0n) is 11.2. The minimum atomic E-state index is -0.937. The van der Waals surface area contributed by atoms with Crippen LogP contribution in [0.2, 0.25) is 0 Å². The molecule has 0 radical (unpaired) electrons. The maximum atomic E-state index is 10.9. The molecule has 4 heteroatoms. The van der Waals surface area contributed by atoms with Gasteiger partial charge in [-0.3, -0.25) is 0 Å². The van der Waals surface area contributed by atoms with E-state index in [-0.39, 0.29) is 5.56 Å². The summed E-state index contributed by atoms with van der Waals surface area (Å²) in [6.45, 7) is 2.45. The third-order valence-electron chi connectivity index (χ3n) is 2.79. The molecular weight excluding hydrogens is 272 g/mol. The number of hydrogen-bond donors (Lipinski definition) is 1. The van der Waals surface area contributed by atoms with Gasteiger partial charge < -0.3 is 9.84 Å². The lowest BCUT2D eigenvalue weighted by molar-refractivity contribution is 0.0696. The van der Waals surface area contributed by atoms with Crippen LogP contribution in [-0.2, 0) is 0 Å². The first-order chi connectivity index (χ1) is 9.66. The van der Waals surface area contributed by atoms with Crippen LogP contribution in [-0.4, -0.2) is 23.4 Å². The van der Waals surface area contributed by atoms with Crippen LogP contribution in [0.25, 0.3) is 0 Å². The molecule has 0 atom stereocenters. The van der Waals surface area contributed by atoms with Crippen molar-refractivity contribution >= 4 is 17.7 Å². The molecule has 20 heavy (non-hydrogen) atoms. The molecule has 2 aromatic carbocycles. The van der Waals surface area contributed by atoms with Gasteiger partial charge in [0, 0.05) is 10.6 Å². The highest BCUT2D eigenvalue weighted by Gasteiger charge is 2.07. The number of hydrogen-bond acceptors (Lipinski definition) is 3. The Morgan fingerprint density at radius 1 is 1.20 bits per heavy atom. The van der Waals surface area contributed by atoms with Crippen LogP contribution < -0.4 is 4.74 Å². The highest BCUT2D eigenvalue weighted by atomic mass is 32.2. The summed E-state index contributed by atoms with van der Waals surface area (Å²) < 4.78 is 5.67. The molecule has 0 amide bonds. The highest BCUT2D eigenvalue weighted by Crippen LogP contribution is 2.21. The Morgan fingerprint density at radius 3 is 2.65 bits per heavy atom. The molecule has 0 bridgehead atoms. The number of aryl methyl sites for hydroxylation is 1. The minimum Gasteiger partial charge on any atom is -0.492 e. The topological polar surface area (TPSA) is 46.5 Å². The predicted molar refractivity (Wildman–Crippen MR) is 80.8 cm³/mol. The number of benzene rings is 2. The Kier molecular flexibility index (Phi) is 5.07. The minimum absolute atomic E-state index is 0.251. The van der Waals surface area contributed by atoms with Crippen molar-refractivity contribution in [1.29, 1.82) is 0 Å². The summed E-state index contributed by atoms with van der Waals surface area (Å²) in [5.74, 6) is 0.521. The van der Waals surface area contributed by atoms with Gasteiger partial charge >= 0.3 is 5.97 Å². The molecule has 0 aliphatic carbocycles. The molecule has 2 aromatic rings. The summed E-state index contributed by atoms with van der Waals surface area (Å²) in [4.78, 5) is 12.1. The van der Waals surface area contributed by atoms with Crippen molar-refractivity contribution in [2.45, 2.75) is 11.8 Å². The molecule has 0 saturated heterocycles. The van der Waals surface area contributed by atoms with Crippen LogP contribution in [0.4, 0.5) is 0 Å². The molecule has 0 heterocycles. The Morgan fingerprint density at radius 2 is 1.95 bits per heavy atom. The van der Waals surface area contributed by atoms with Crippen LogP contribution in [0.15, 0.2) is 53.4 Å². The van der Waals surface area contributed by atoms with Gasteiger partial charge in [-0.15, -0.1) is 11.8 Å². The van der Waals surface area contributed by atoms with Crippen molar-refractivity contribution < 1.29 is 14.6 Å². The zero-order valence-corrected chi connectivity index (χ0v) is 12.0. The summed E-state index contributed by atoms with van der Waals surface area (Å²) in [6, 6.07) is 15.0. The first-order valence-electron chi connectivity index (χ1n) is 6.31. The van der Waals surface area contributed by atoms with Gasteiger partial charge in [0.25, 0.3) is 0 Å². The summed E-state index contributed by atoms with van der Waals surface area (Å²) in [5.41, 5.74) is 1.20. The van der Waals surface area contributed by atoms with Gasteiger partial charge in [0.1, 0.15) is 5.75 Å². The average molecular weight is 288 g/mol. The molecule has 0 spiro atoms. The van der Waals surface area contributed by atoms with E-state index >= 15 is 0 Å². The molecule has 104 valence electrons. The zero-order chi connectivity index (χ0) is 14.4. The van der Waals surface area contributed by atoms with Crippen LogP contribution in [0.5, 0.6) is 5.75 Å². The van der Waals surface area contributed by atoms with Crippen LogP contribution in [0.3, 0.4) is 0 Å². The lowest BCUT2D eigenvalue weighted by Gasteiger charge is -2.09. The molecule has 0 saturated carbocycles. The standard InChI is InChI=1S/C16H16O3S/c1-12-7-8-13(16(17)18)11-15(12)19-9-10-20-14-5-3-2-4-6-14/h2-8,11H,9-10H2,1H3,(H,17,18). The smallest absolute Gasteiger partial charge is 0.335 e. The monoisotopic (exact) mass is 288 g/mol.